The van der Waals surface area contributed by atoms with Gasteiger partial charge >= 0.3 is 0 Å². The molecule has 0 aromatic rings. The Balaban J connectivity index is 1.87. The van der Waals surface area contributed by atoms with Gasteiger partial charge in [-0.3, -0.25) is 4.79 Å². The van der Waals surface area contributed by atoms with E-state index in [0.29, 0.717) is 18.9 Å². The largest absolute Gasteiger partial charge is 0.354 e. The van der Waals surface area contributed by atoms with E-state index in [1.165, 1.54) is 12.8 Å². The average molecular weight is 218 g/mol. The van der Waals surface area contributed by atoms with Crippen LogP contribution in [0.4, 0.5) is 0 Å². The number of carbonyl (C=O) groups is 1. The molecule has 0 bridgehead atoms. The topological polar surface area (TPSA) is 103 Å². The highest BCUT2D eigenvalue weighted by molar-refractivity contribution is 5.90. The number of nitrogens with zero attached hydrogens (tertiary/aromatic N) is 2. The molecular formula is C11H14N4O. The highest BCUT2D eigenvalue weighted by Crippen LogP contribution is 2.46. The van der Waals surface area contributed by atoms with Crippen molar-refractivity contribution in [3.63, 3.8) is 0 Å². The molecule has 0 heterocycles. The standard InChI is InChI=1S/C11H14N4O/c12-4-8(5-13)9-3-11(9,14)10(16)15-6-7-1-2-7/h7-9H,1-3,6,14H2,(H,15,16). The molecule has 3 N–H and O–H groups in total. The fraction of sp³-hybridized carbons (Fsp3) is 0.727. The molecule has 2 fully saturated rings. The van der Waals surface area contributed by atoms with Crippen molar-refractivity contribution in [1.82, 2.24) is 5.32 Å². The molecule has 2 aliphatic rings. The van der Waals surface area contributed by atoms with Gasteiger partial charge in [0.2, 0.25) is 5.91 Å². The molecule has 0 aromatic heterocycles. The van der Waals surface area contributed by atoms with Gasteiger partial charge in [0, 0.05) is 12.5 Å². The molecule has 1 amide bonds. The normalized spacial score (nSPS) is 31.6. The van der Waals surface area contributed by atoms with E-state index >= 15 is 0 Å². The number of rotatable bonds is 4. The summed E-state index contributed by atoms with van der Waals surface area (Å²) in [5.74, 6) is -0.675. The lowest BCUT2D eigenvalue weighted by atomic mass is 10.0. The summed E-state index contributed by atoms with van der Waals surface area (Å²) in [6, 6.07) is 3.76. The fourth-order valence-corrected chi connectivity index (χ4v) is 1.91. The van der Waals surface area contributed by atoms with Crippen LogP contribution in [-0.2, 0) is 4.79 Å². The lowest BCUT2D eigenvalue weighted by Gasteiger charge is -2.12. The highest BCUT2D eigenvalue weighted by atomic mass is 16.2. The van der Waals surface area contributed by atoms with Crippen LogP contribution in [0, 0.1) is 40.4 Å². The van der Waals surface area contributed by atoms with Crippen molar-refractivity contribution in [2.75, 3.05) is 6.54 Å². The molecule has 0 aromatic carbocycles. The van der Waals surface area contributed by atoms with Crippen LogP contribution in [0.1, 0.15) is 19.3 Å². The van der Waals surface area contributed by atoms with Crippen molar-refractivity contribution in [2.45, 2.75) is 24.8 Å². The maximum absolute atomic E-state index is 11.8. The van der Waals surface area contributed by atoms with Gasteiger partial charge in [-0.1, -0.05) is 0 Å². The zero-order chi connectivity index (χ0) is 11.8. The number of amides is 1. The van der Waals surface area contributed by atoms with Crippen molar-refractivity contribution in [2.24, 2.45) is 23.5 Å². The summed E-state index contributed by atoms with van der Waals surface area (Å²) in [6.45, 7) is 0.675. The minimum absolute atomic E-state index is 0.208. The molecule has 0 aliphatic heterocycles. The number of nitriles is 2. The molecule has 2 aliphatic carbocycles. The summed E-state index contributed by atoms with van der Waals surface area (Å²) in [5, 5.41) is 20.2. The van der Waals surface area contributed by atoms with Crippen molar-refractivity contribution in [3.05, 3.63) is 0 Å². The van der Waals surface area contributed by atoms with Gasteiger partial charge in [-0.15, -0.1) is 0 Å². The third-order valence-electron chi connectivity index (χ3n) is 3.41. The molecule has 5 nitrogen and oxygen atoms in total. The van der Waals surface area contributed by atoms with Gasteiger partial charge in [-0.05, 0) is 25.2 Å². The summed E-state index contributed by atoms with van der Waals surface area (Å²) in [4.78, 5) is 11.8. The minimum atomic E-state index is -0.981. The van der Waals surface area contributed by atoms with Crippen molar-refractivity contribution >= 4 is 5.91 Å². The summed E-state index contributed by atoms with van der Waals surface area (Å²) in [7, 11) is 0. The van der Waals surface area contributed by atoms with Gasteiger partial charge in [-0.25, -0.2) is 0 Å². The highest BCUT2D eigenvalue weighted by Gasteiger charge is 2.60. The quantitative estimate of drug-likeness (QED) is 0.687. The number of nitrogens with two attached hydrogens (primary N) is 1. The molecule has 2 atom stereocenters. The Kier molecular flexibility index (Phi) is 2.57. The van der Waals surface area contributed by atoms with Crippen LogP contribution in [0.2, 0.25) is 0 Å². The minimum Gasteiger partial charge on any atom is -0.354 e. The summed E-state index contributed by atoms with van der Waals surface area (Å²) >= 11 is 0. The predicted octanol–water partition coefficient (Wildman–Crippen LogP) is -0.107. The fourth-order valence-electron chi connectivity index (χ4n) is 1.91. The van der Waals surface area contributed by atoms with Gasteiger partial charge in [-0.2, -0.15) is 10.5 Å². The molecule has 2 saturated carbocycles. The first-order chi connectivity index (χ1) is 7.61. The Morgan fingerprint density at radius 3 is 2.62 bits per heavy atom. The van der Waals surface area contributed by atoms with Crippen LogP contribution in [-0.4, -0.2) is 18.0 Å². The van der Waals surface area contributed by atoms with E-state index in [9.17, 15) is 4.79 Å². The second-order valence-corrected chi connectivity index (χ2v) is 4.74. The Hall–Kier alpha value is -1.59. The van der Waals surface area contributed by atoms with Crippen LogP contribution in [0.25, 0.3) is 0 Å². The third kappa shape index (κ3) is 1.87. The Labute approximate surface area is 94.2 Å². The Bertz CT molecular complexity index is 376. The first-order valence-electron chi connectivity index (χ1n) is 5.48. The van der Waals surface area contributed by atoms with E-state index in [4.69, 9.17) is 16.3 Å². The monoisotopic (exact) mass is 218 g/mol. The number of carbonyl (C=O) groups excluding carboxylic acids is 1. The molecule has 84 valence electrons. The molecular weight excluding hydrogens is 204 g/mol. The molecule has 2 unspecified atom stereocenters. The smallest absolute Gasteiger partial charge is 0.240 e. The van der Waals surface area contributed by atoms with Crippen LogP contribution in [0.15, 0.2) is 0 Å². The third-order valence-corrected chi connectivity index (χ3v) is 3.41. The van der Waals surface area contributed by atoms with Gasteiger partial charge in [0.1, 0.15) is 11.5 Å². The van der Waals surface area contributed by atoms with Gasteiger partial charge in [0.15, 0.2) is 0 Å². The number of nitrogens with one attached hydrogen (secondary N) is 1. The zero-order valence-electron chi connectivity index (χ0n) is 8.94. The maximum atomic E-state index is 11.8. The molecule has 5 heteroatoms. The Morgan fingerprint density at radius 2 is 2.12 bits per heavy atom. The summed E-state index contributed by atoms with van der Waals surface area (Å²) in [5.41, 5.74) is 4.90. The summed E-state index contributed by atoms with van der Waals surface area (Å²) in [6.07, 6.45) is 2.77. The van der Waals surface area contributed by atoms with Gasteiger partial charge < -0.3 is 11.1 Å². The van der Waals surface area contributed by atoms with Crippen molar-refractivity contribution in [3.8, 4) is 12.1 Å². The van der Waals surface area contributed by atoms with E-state index in [1.807, 2.05) is 12.1 Å². The molecule has 16 heavy (non-hydrogen) atoms. The lowest BCUT2D eigenvalue weighted by Crippen LogP contribution is -2.45. The average Bonchev–Trinajstić information content (AvgIpc) is 3.15. The second-order valence-electron chi connectivity index (χ2n) is 4.74. The van der Waals surface area contributed by atoms with E-state index in [2.05, 4.69) is 5.32 Å². The summed E-state index contributed by atoms with van der Waals surface area (Å²) < 4.78 is 0. The first-order valence-corrected chi connectivity index (χ1v) is 5.48. The Morgan fingerprint density at radius 1 is 1.50 bits per heavy atom. The van der Waals surface area contributed by atoms with Crippen molar-refractivity contribution in [1.29, 1.82) is 10.5 Å². The van der Waals surface area contributed by atoms with E-state index in [-0.39, 0.29) is 11.8 Å². The lowest BCUT2D eigenvalue weighted by molar-refractivity contribution is -0.123. The SMILES string of the molecule is N#CC(C#N)C1CC1(N)C(=O)NCC1CC1. The molecule has 0 spiro atoms. The van der Waals surface area contributed by atoms with Gasteiger partial charge in [0.25, 0.3) is 0 Å². The van der Waals surface area contributed by atoms with E-state index in [1.54, 1.807) is 0 Å². The van der Waals surface area contributed by atoms with E-state index < -0.39 is 11.5 Å². The first kappa shape index (κ1) is 10.9. The second kappa shape index (κ2) is 3.77. The van der Waals surface area contributed by atoms with Crippen LogP contribution >= 0.6 is 0 Å². The predicted molar refractivity (Wildman–Crippen MR) is 55.5 cm³/mol. The number of hydrogen-bond donors (Lipinski definition) is 2. The van der Waals surface area contributed by atoms with E-state index in [0.717, 1.165) is 0 Å². The zero-order valence-corrected chi connectivity index (χ0v) is 8.94. The molecule has 0 saturated heterocycles. The van der Waals surface area contributed by atoms with Crippen LogP contribution in [0.3, 0.4) is 0 Å². The van der Waals surface area contributed by atoms with Crippen LogP contribution < -0.4 is 11.1 Å². The maximum Gasteiger partial charge on any atom is 0.240 e. The van der Waals surface area contributed by atoms with Crippen LogP contribution in [0.5, 0.6) is 0 Å². The number of hydrogen-bond acceptors (Lipinski definition) is 4. The molecule has 0 radical (unpaired) electrons. The van der Waals surface area contributed by atoms with Crippen molar-refractivity contribution < 1.29 is 4.79 Å². The van der Waals surface area contributed by atoms with Gasteiger partial charge in [0.05, 0.1) is 12.1 Å². The molecule has 2 rings (SSSR count).